The van der Waals surface area contributed by atoms with Crippen LogP contribution in [0.3, 0.4) is 0 Å². The van der Waals surface area contributed by atoms with E-state index in [1.165, 1.54) is 23.5 Å². The predicted octanol–water partition coefficient (Wildman–Crippen LogP) is 3.20. The van der Waals surface area contributed by atoms with Crippen LogP contribution in [0, 0.1) is 5.82 Å². The van der Waals surface area contributed by atoms with Gasteiger partial charge in [0.2, 0.25) is 5.91 Å². The third-order valence-corrected chi connectivity index (χ3v) is 4.48. The molecule has 0 aliphatic carbocycles. The van der Waals surface area contributed by atoms with Crippen LogP contribution in [0.4, 0.5) is 4.39 Å². The number of nitrogens with two attached hydrogens (primary N) is 1. The third kappa shape index (κ3) is 3.52. The highest BCUT2D eigenvalue weighted by Crippen LogP contribution is 2.26. The first-order valence-electron chi connectivity index (χ1n) is 7.28. The lowest BCUT2D eigenvalue weighted by Crippen LogP contribution is -2.35. The lowest BCUT2D eigenvalue weighted by atomic mass is 10.0. The lowest BCUT2D eigenvalue weighted by Gasteiger charge is -2.25. The first kappa shape index (κ1) is 16.4. The molecule has 1 amide bonds. The molecule has 0 aliphatic rings. The van der Waals surface area contributed by atoms with Crippen LogP contribution in [0.25, 0.3) is 10.8 Å². The van der Waals surface area contributed by atoms with Crippen LogP contribution in [-0.4, -0.2) is 22.8 Å². The molecular formula is C17H16FN3O2S. The SMILES string of the molecule is CN(Cc1csc(-c2ccco2)n1)[C@@H](C(N)=O)c1cccc(F)c1. The number of carbonyl (C=O) groups excluding carboxylic acids is 1. The van der Waals surface area contributed by atoms with Crippen LogP contribution in [0.2, 0.25) is 0 Å². The number of rotatable bonds is 6. The molecule has 1 aromatic carbocycles. The van der Waals surface area contributed by atoms with Crippen molar-refractivity contribution >= 4 is 17.2 Å². The van der Waals surface area contributed by atoms with Crippen LogP contribution in [-0.2, 0) is 11.3 Å². The molecule has 0 bridgehead atoms. The van der Waals surface area contributed by atoms with E-state index in [1.807, 2.05) is 11.4 Å². The van der Waals surface area contributed by atoms with Crippen molar-refractivity contribution in [1.82, 2.24) is 9.88 Å². The largest absolute Gasteiger partial charge is 0.462 e. The zero-order valence-corrected chi connectivity index (χ0v) is 13.8. The van der Waals surface area contributed by atoms with Gasteiger partial charge in [0.15, 0.2) is 10.8 Å². The number of carbonyl (C=O) groups is 1. The molecule has 2 aromatic heterocycles. The van der Waals surface area contributed by atoms with Gasteiger partial charge in [-0.2, -0.15) is 0 Å². The molecule has 2 heterocycles. The number of aromatic nitrogens is 1. The second kappa shape index (κ2) is 6.94. The van der Waals surface area contributed by atoms with Crippen molar-refractivity contribution in [2.75, 3.05) is 7.05 Å². The molecule has 0 saturated heterocycles. The van der Waals surface area contributed by atoms with Gasteiger partial charge in [0.05, 0.1) is 12.0 Å². The summed E-state index contributed by atoms with van der Waals surface area (Å²) in [6, 6.07) is 8.81. The molecule has 0 spiro atoms. The first-order chi connectivity index (χ1) is 11.5. The lowest BCUT2D eigenvalue weighted by molar-refractivity contribution is -0.123. The molecule has 0 aliphatic heterocycles. The van der Waals surface area contributed by atoms with Crippen LogP contribution in [0.5, 0.6) is 0 Å². The molecule has 124 valence electrons. The normalized spacial score (nSPS) is 12.5. The van der Waals surface area contributed by atoms with Crippen molar-refractivity contribution in [1.29, 1.82) is 0 Å². The fourth-order valence-electron chi connectivity index (χ4n) is 2.55. The van der Waals surface area contributed by atoms with Crippen LogP contribution >= 0.6 is 11.3 Å². The van der Waals surface area contributed by atoms with E-state index >= 15 is 0 Å². The smallest absolute Gasteiger partial charge is 0.239 e. The zero-order valence-electron chi connectivity index (χ0n) is 13.0. The number of amides is 1. The van der Waals surface area contributed by atoms with E-state index in [1.54, 1.807) is 36.4 Å². The summed E-state index contributed by atoms with van der Waals surface area (Å²) in [6.45, 7) is 0.404. The van der Waals surface area contributed by atoms with E-state index in [2.05, 4.69) is 4.98 Å². The summed E-state index contributed by atoms with van der Waals surface area (Å²) in [5, 5.41) is 2.67. The minimum absolute atomic E-state index is 0.402. The molecule has 3 aromatic rings. The van der Waals surface area contributed by atoms with Gasteiger partial charge in [0.1, 0.15) is 11.9 Å². The fraction of sp³-hybridized carbons (Fsp3) is 0.176. The van der Waals surface area contributed by atoms with Gasteiger partial charge in [-0.3, -0.25) is 9.69 Å². The molecule has 0 saturated carbocycles. The molecule has 3 rings (SSSR count). The van der Waals surface area contributed by atoms with E-state index in [9.17, 15) is 9.18 Å². The van der Waals surface area contributed by atoms with Gasteiger partial charge in [0.25, 0.3) is 0 Å². The number of primary amides is 1. The van der Waals surface area contributed by atoms with E-state index in [0.29, 0.717) is 17.9 Å². The Kier molecular flexibility index (Phi) is 4.73. The molecule has 24 heavy (non-hydrogen) atoms. The molecule has 2 N–H and O–H groups in total. The standard InChI is InChI=1S/C17H16FN3O2S/c1-21(15(16(19)22)11-4-2-5-12(18)8-11)9-13-10-24-17(20-13)14-6-3-7-23-14/h2-8,10,15H,9H2,1H3,(H2,19,22)/t15-/m1/s1. The second-order valence-corrected chi connectivity index (χ2v) is 6.25. The minimum Gasteiger partial charge on any atom is -0.462 e. The number of hydrogen-bond donors (Lipinski definition) is 1. The summed E-state index contributed by atoms with van der Waals surface area (Å²) in [4.78, 5) is 18.1. The van der Waals surface area contributed by atoms with Gasteiger partial charge in [-0.15, -0.1) is 11.3 Å². The quantitative estimate of drug-likeness (QED) is 0.745. The number of benzene rings is 1. The van der Waals surface area contributed by atoms with Crippen LogP contribution < -0.4 is 5.73 Å². The number of thiazole rings is 1. The Morgan fingerprint density at radius 2 is 2.25 bits per heavy atom. The van der Waals surface area contributed by atoms with Crippen molar-refractivity contribution in [3.63, 3.8) is 0 Å². The summed E-state index contributed by atoms with van der Waals surface area (Å²) in [6.07, 6.45) is 1.59. The van der Waals surface area contributed by atoms with Gasteiger partial charge in [-0.1, -0.05) is 12.1 Å². The molecule has 1 atom stereocenters. The summed E-state index contributed by atoms with van der Waals surface area (Å²) in [5.74, 6) is -0.240. The molecule has 0 radical (unpaired) electrons. The predicted molar refractivity (Wildman–Crippen MR) is 89.6 cm³/mol. The Hall–Kier alpha value is -2.51. The Morgan fingerprint density at radius 3 is 2.92 bits per heavy atom. The molecule has 0 fully saturated rings. The number of furan rings is 1. The van der Waals surface area contributed by atoms with Crippen molar-refractivity contribution in [3.05, 3.63) is 65.1 Å². The van der Waals surface area contributed by atoms with Crippen LogP contribution in [0.1, 0.15) is 17.3 Å². The molecule has 0 unspecified atom stereocenters. The van der Waals surface area contributed by atoms with E-state index in [0.717, 1.165) is 10.7 Å². The van der Waals surface area contributed by atoms with E-state index in [4.69, 9.17) is 10.2 Å². The first-order valence-corrected chi connectivity index (χ1v) is 8.16. The fourth-order valence-corrected chi connectivity index (χ4v) is 3.33. The molecular weight excluding hydrogens is 329 g/mol. The number of nitrogens with zero attached hydrogens (tertiary/aromatic N) is 2. The van der Waals surface area contributed by atoms with Crippen molar-refractivity contribution in [2.45, 2.75) is 12.6 Å². The highest BCUT2D eigenvalue weighted by Gasteiger charge is 2.24. The molecule has 5 nitrogen and oxygen atoms in total. The average molecular weight is 345 g/mol. The third-order valence-electron chi connectivity index (χ3n) is 3.57. The maximum Gasteiger partial charge on any atom is 0.239 e. The zero-order chi connectivity index (χ0) is 17.1. The number of halogens is 1. The van der Waals surface area contributed by atoms with Gasteiger partial charge in [-0.05, 0) is 36.9 Å². The monoisotopic (exact) mass is 345 g/mol. The van der Waals surface area contributed by atoms with Crippen molar-refractivity contribution < 1.29 is 13.6 Å². The summed E-state index contributed by atoms with van der Waals surface area (Å²) in [5.41, 5.74) is 6.83. The highest BCUT2D eigenvalue weighted by molar-refractivity contribution is 7.13. The number of likely N-dealkylation sites (N-methyl/N-ethyl adjacent to an activating group) is 1. The highest BCUT2D eigenvalue weighted by atomic mass is 32.1. The Bertz CT molecular complexity index is 832. The van der Waals surface area contributed by atoms with Gasteiger partial charge in [0, 0.05) is 11.9 Å². The summed E-state index contributed by atoms with van der Waals surface area (Å²) >= 11 is 1.46. The van der Waals surface area contributed by atoms with E-state index < -0.39 is 17.8 Å². The Balaban J connectivity index is 1.79. The maximum absolute atomic E-state index is 13.4. The summed E-state index contributed by atoms with van der Waals surface area (Å²) in [7, 11) is 1.76. The van der Waals surface area contributed by atoms with E-state index in [-0.39, 0.29) is 0 Å². The van der Waals surface area contributed by atoms with Gasteiger partial charge >= 0.3 is 0 Å². The minimum atomic E-state index is -0.727. The maximum atomic E-state index is 13.4. The van der Waals surface area contributed by atoms with Crippen LogP contribution in [0.15, 0.2) is 52.5 Å². The average Bonchev–Trinajstić information content (AvgIpc) is 3.17. The molecule has 7 heteroatoms. The van der Waals surface area contributed by atoms with Crippen molar-refractivity contribution in [2.24, 2.45) is 5.73 Å². The van der Waals surface area contributed by atoms with Crippen molar-refractivity contribution in [3.8, 4) is 10.8 Å². The van der Waals surface area contributed by atoms with Gasteiger partial charge < -0.3 is 10.2 Å². The summed E-state index contributed by atoms with van der Waals surface area (Å²) < 4.78 is 18.8. The van der Waals surface area contributed by atoms with Gasteiger partial charge in [-0.25, -0.2) is 9.37 Å². The number of hydrogen-bond acceptors (Lipinski definition) is 5. The Labute approximate surface area is 142 Å². The second-order valence-electron chi connectivity index (χ2n) is 5.40. The Morgan fingerprint density at radius 1 is 1.42 bits per heavy atom. The topological polar surface area (TPSA) is 72.4 Å².